The fourth-order valence-electron chi connectivity index (χ4n) is 1.57. The number of nitrogens with two attached hydrogens (primary N) is 1. The maximum absolute atomic E-state index is 11.4. The number of rotatable bonds is 8. The monoisotopic (exact) mass is 345 g/mol. The van der Waals surface area contributed by atoms with Crippen molar-refractivity contribution in [3.05, 3.63) is 22.1 Å². The van der Waals surface area contributed by atoms with E-state index in [2.05, 4.69) is 22.5 Å². The number of hydrogen-bond donors (Lipinski definition) is 2. The lowest BCUT2D eigenvalue weighted by Crippen LogP contribution is -2.37. The van der Waals surface area contributed by atoms with Gasteiger partial charge in [-0.1, -0.05) is 0 Å². The smallest absolute Gasteiger partial charge is 0.342 e. The summed E-state index contributed by atoms with van der Waals surface area (Å²) >= 11 is 4.45. The topological polar surface area (TPSA) is 152 Å². The van der Waals surface area contributed by atoms with Crippen LogP contribution in [0.2, 0.25) is 0 Å². The third kappa shape index (κ3) is 6.36. The number of amides is 1. The summed E-state index contributed by atoms with van der Waals surface area (Å²) in [5.41, 5.74) is 5.08. The number of esters is 1. The number of ether oxygens (including phenoxy) is 2. The second kappa shape index (κ2) is 8.75. The lowest BCUT2D eigenvalue weighted by atomic mass is 10.5. The van der Waals surface area contributed by atoms with Crippen molar-refractivity contribution in [2.75, 3.05) is 19.8 Å². The Hall–Kier alpha value is -2.60. The van der Waals surface area contributed by atoms with E-state index < -0.39 is 30.0 Å². The third-order valence-corrected chi connectivity index (χ3v) is 2.62. The van der Waals surface area contributed by atoms with Gasteiger partial charge in [-0.25, -0.2) is 14.3 Å². The van der Waals surface area contributed by atoms with Crippen molar-refractivity contribution in [2.24, 2.45) is 5.73 Å². The summed E-state index contributed by atoms with van der Waals surface area (Å²) in [7, 11) is 0. The minimum atomic E-state index is -0.714. The Morgan fingerprint density at radius 3 is 2.83 bits per heavy atom. The Labute approximate surface area is 135 Å². The van der Waals surface area contributed by atoms with Crippen LogP contribution in [0.25, 0.3) is 0 Å². The van der Waals surface area contributed by atoms with Crippen LogP contribution in [0.4, 0.5) is 5.82 Å². The molecular weight excluding hydrogens is 330 g/mol. The molecule has 3 N–H and O–H groups in total. The third-order valence-electron chi connectivity index (χ3n) is 2.51. The Balaban J connectivity index is 2.30. The highest BCUT2D eigenvalue weighted by Crippen LogP contribution is 2.12. The molecule has 0 atom stereocenters. The van der Waals surface area contributed by atoms with E-state index in [1.807, 2.05) is 0 Å². The maximum atomic E-state index is 11.4. The highest BCUT2D eigenvalue weighted by molar-refractivity contribution is 7.80. The van der Waals surface area contributed by atoms with Crippen molar-refractivity contribution in [3.8, 4) is 0 Å². The van der Waals surface area contributed by atoms with Crippen molar-refractivity contribution in [1.82, 2.24) is 14.9 Å². The quantitative estimate of drug-likeness (QED) is 0.262. The fraction of sp³-hybridized carbons (Fsp3) is 0.455. The average Bonchev–Trinajstić information content (AvgIpc) is 2.79. The Morgan fingerprint density at radius 1 is 1.52 bits per heavy atom. The minimum Gasteiger partial charge on any atom is -0.460 e. The summed E-state index contributed by atoms with van der Waals surface area (Å²) in [6.45, 7) is 0.724. The molecule has 0 aliphatic carbocycles. The van der Waals surface area contributed by atoms with Crippen molar-refractivity contribution in [1.29, 1.82) is 0 Å². The van der Waals surface area contributed by atoms with Crippen LogP contribution in [0.1, 0.15) is 5.82 Å². The van der Waals surface area contributed by atoms with E-state index in [9.17, 15) is 19.7 Å². The van der Waals surface area contributed by atoms with E-state index in [1.165, 1.54) is 4.57 Å². The van der Waals surface area contributed by atoms with Gasteiger partial charge in [-0.2, -0.15) is 0 Å². The summed E-state index contributed by atoms with van der Waals surface area (Å²) in [4.78, 5) is 36.5. The summed E-state index contributed by atoms with van der Waals surface area (Å²) in [5, 5.41) is 12.7. The molecule has 11 nitrogen and oxygen atoms in total. The Bertz CT molecular complexity index is 616. The number of hydrogen-bond acceptors (Lipinski definition) is 8. The van der Waals surface area contributed by atoms with Gasteiger partial charge in [0.15, 0.2) is 10.9 Å². The molecule has 0 fully saturated rings. The zero-order valence-electron chi connectivity index (χ0n) is 12.2. The molecule has 1 aromatic heterocycles. The number of carbonyl (C=O) groups excluding carboxylic acids is 2. The van der Waals surface area contributed by atoms with Crippen LogP contribution < -0.4 is 11.1 Å². The van der Waals surface area contributed by atoms with Crippen LogP contribution >= 0.6 is 12.2 Å². The number of imidazole rings is 1. The summed E-state index contributed by atoms with van der Waals surface area (Å²) < 4.78 is 11.0. The first-order chi connectivity index (χ1) is 10.8. The molecular formula is C11H15N5O6S. The van der Waals surface area contributed by atoms with Gasteiger partial charge in [-0.3, -0.25) is 4.79 Å². The molecule has 1 aromatic rings. The van der Waals surface area contributed by atoms with Gasteiger partial charge >= 0.3 is 11.8 Å². The second-order valence-corrected chi connectivity index (χ2v) is 4.64. The van der Waals surface area contributed by atoms with E-state index in [4.69, 9.17) is 15.2 Å². The molecule has 0 unspecified atom stereocenters. The van der Waals surface area contributed by atoms with Crippen LogP contribution in [0.15, 0.2) is 6.20 Å². The van der Waals surface area contributed by atoms with Gasteiger partial charge in [0.05, 0.1) is 0 Å². The fourth-order valence-corrected chi connectivity index (χ4v) is 1.69. The van der Waals surface area contributed by atoms with Gasteiger partial charge in [0.2, 0.25) is 0 Å². The van der Waals surface area contributed by atoms with Gasteiger partial charge in [0, 0.05) is 6.92 Å². The molecule has 0 saturated heterocycles. The van der Waals surface area contributed by atoms with Crippen molar-refractivity contribution < 1.29 is 24.0 Å². The number of aryl methyl sites for hydroxylation is 1. The van der Waals surface area contributed by atoms with Crippen LogP contribution in [0.5, 0.6) is 0 Å². The van der Waals surface area contributed by atoms with E-state index in [1.54, 1.807) is 6.92 Å². The standard InChI is InChI=1S/C11H15N5O6S/c1-7-13-4-9(16(19)20)15(7)2-3-22-10(18)6-21-5-8(17)14-11(12)23/h4H,2-3,5-6H2,1H3,(H3,12,14,17,23). The largest absolute Gasteiger partial charge is 0.460 e. The number of thiocarbonyl (C=S) groups is 1. The highest BCUT2D eigenvalue weighted by Gasteiger charge is 2.17. The normalized spacial score (nSPS) is 10.1. The average molecular weight is 345 g/mol. The van der Waals surface area contributed by atoms with Crippen LogP contribution in [-0.2, 0) is 25.6 Å². The van der Waals surface area contributed by atoms with Crippen molar-refractivity contribution in [3.63, 3.8) is 0 Å². The Kier molecular flexibility index (Phi) is 7.02. The molecule has 0 aromatic carbocycles. The van der Waals surface area contributed by atoms with E-state index in [0.29, 0.717) is 5.82 Å². The minimum absolute atomic E-state index is 0.0792. The molecule has 0 bridgehead atoms. The first-order valence-electron chi connectivity index (χ1n) is 6.30. The summed E-state index contributed by atoms with van der Waals surface area (Å²) in [5.74, 6) is -1.06. The van der Waals surface area contributed by atoms with Gasteiger partial charge in [-0.15, -0.1) is 0 Å². The van der Waals surface area contributed by atoms with Crippen molar-refractivity contribution in [2.45, 2.75) is 13.5 Å². The zero-order valence-corrected chi connectivity index (χ0v) is 13.0. The molecule has 1 rings (SSSR count). The molecule has 126 valence electrons. The second-order valence-electron chi connectivity index (χ2n) is 4.20. The first-order valence-corrected chi connectivity index (χ1v) is 6.71. The molecule has 0 aliphatic heterocycles. The number of nitro groups is 1. The zero-order chi connectivity index (χ0) is 17.4. The molecule has 12 heteroatoms. The molecule has 1 amide bonds. The van der Waals surface area contributed by atoms with Crippen LogP contribution in [0.3, 0.4) is 0 Å². The van der Waals surface area contributed by atoms with E-state index in [0.717, 1.165) is 6.20 Å². The lowest BCUT2D eigenvalue weighted by molar-refractivity contribution is -0.392. The van der Waals surface area contributed by atoms with Crippen LogP contribution in [-0.4, -0.2) is 51.3 Å². The first kappa shape index (κ1) is 18.4. The Morgan fingerprint density at radius 2 is 2.22 bits per heavy atom. The molecule has 1 heterocycles. The number of nitrogens with one attached hydrogen (secondary N) is 1. The molecule has 0 radical (unpaired) electrons. The number of nitrogens with zero attached hydrogens (tertiary/aromatic N) is 3. The number of carbonyl (C=O) groups is 2. The maximum Gasteiger partial charge on any atom is 0.342 e. The van der Waals surface area contributed by atoms with Gasteiger partial charge in [0.1, 0.15) is 32.6 Å². The van der Waals surface area contributed by atoms with Gasteiger partial charge < -0.3 is 30.6 Å². The summed E-state index contributed by atoms with van der Waals surface area (Å²) in [6, 6.07) is 0. The van der Waals surface area contributed by atoms with E-state index >= 15 is 0 Å². The molecule has 0 aliphatic rings. The molecule has 23 heavy (non-hydrogen) atoms. The highest BCUT2D eigenvalue weighted by atomic mass is 32.1. The lowest BCUT2D eigenvalue weighted by Gasteiger charge is -2.06. The molecule has 0 spiro atoms. The predicted octanol–water partition coefficient (Wildman–Crippen LogP) is -0.981. The number of aromatic nitrogens is 2. The van der Waals surface area contributed by atoms with Gasteiger partial charge in [0.25, 0.3) is 5.91 Å². The van der Waals surface area contributed by atoms with E-state index in [-0.39, 0.29) is 24.1 Å². The van der Waals surface area contributed by atoms with Crippen molar-refractivity contribution >= 4 is 35.0 Å². The SMILES string of the molecule is Cc1ncc([N+](=O)[O-])n1CCOC(=O)COCC(=O)NC(N)=S. The summed E-state index contributed by atoms with van der Waals surface area (Å²) in [6.07, 6.45) is 1.13. The van der Waals surface area contributed by atoms with Gasteiger partial charge in [-0.05, 0) is 17.1 Å². The van der Waals surface area contributed by atoms with Crippen LogP contribution in [0, 0.1) is 17.0 Å². The molecule has 0 saturated carbocycles. The predicted molar refractivity (Wildman–Crippen MR) is 80.3 cm³/mol.